The number of hydrogen-bond acceptors (Lipinski definition) is 4. The van der Waals surface area contributed by atoms with Crippen LogP contribution in [0.1, 0.15) is 32.1 Å². The van der Waals surface area contributed by atoms with Gasteiger partial charge in [-0.15, -0.1) is 13.2 Å². The highest BCUT2D eigenvalue weighted by molar-refractivity contribution is 5.89. The lowest BCUT2D eigenvalue weighted by Gasteiger charge is -2.35. The van der Waals surface area contributed by atoms with E-state index in [2.05, 4.69) is 15.0 Å². The molecule has 1 aromatic carbocycles. The summed E-state index contributed by atoms with van der Waals surface area (Å²) in [5.41, 5.74) is -1.13. The van der Waals surface area contributed by atoms with E-state index in [9.17, 15) is 18.0 Å². The van der Waals surface area contributed by atoms with Crippen LogP contribution in [0.2, 0.25) is 0 Å². The molecule has 1 aromatic rings. The summed E-state index contributed by atoms with van der Waals surface area (Å²) in [5, 5.41) is 3.13. The summed E-state index contributed by atoms with van der Waals surface area (Å²) in [6, 6.07) is 5.31. The van der Waals surface area contributed by atoms with E-state index < -0.39 is 12.0 Å². The van der Waals surface area contributed by atoms with Crippen LogP contribution in [0, 0.1) is 0 Å². The summed E-state index contributed by atoms with van der Waals surface area (Å²) >= 11 is 0. The molecule has 142 valence electrons. The van der Waals surface area contributed by atoms with Crippen molar-refractivity contribution in [2.75, 3.05) is 19.6 Å². The van der Waals surface area contributed by atoms with Crippen LogP contribution in [-0.2, 0) is 4.79 Å². The van der Waals surface area contributed by atoms with Gasteiger partial charge in [0, 0.05) is 25.5 Å². The third-order valence-electron chi connectivity index (χ3n) is 5.18. The van der Waals surface area contributed by atoms with Crippen LogP contribution in [0.15, 0.2) is 24.3 Å². The molecule has 5 nitrogen and oxygen atoms in total. The van der Waals surface area contributed by atoms with E-state index in [1.54, 1.807) is 0 Å². The molecule has 0 spiro atoms. The van der Waals surface area contributed by atoms with E-state index >= 15 is 0 Å². The molecule has 0 radical (unpaired) electrons. The Morgan fingerprint density at radius 3 is 2.38 bits per heavy atom. The number of alkyl halides is 3. The molecule has 3 fully saturated rings. The quantitative estimate of drug-likeness (QED) is 0.802. The van der Waals surface area contributed by atoms with E-state index in [1.807, 2.05) is 0 Å². The van der Waals surface area contributed by atoms with Crippen LogP contribution < -0.4 is 14.8 Å². The highest BCUT2D eigenvalue weighted by Crippen LogP contribution is 2.44. The van der Waals surface area contributed by atoms with E-state index in [0.717, 1.165) is 38.5 Å². The number of hydrogen-bond donors (Lipinski definition) is 1. The molecule has 1 aliphatic heterocycles. The number of nitrogens with zero attached hydrogens (tertiary/aromatic N) is 1. The molecule has 1 saturated heterocycles. The summed E-state index contributed by atoms with van der Waals surface area (Å²) in [6.07, 6.45) is -0.525. The lowest BCUT2D eigenvalue weighted by Crippen LogP contribution is -2.53. The maximum Gasteiger partial charge on any atom is 0.573 e. The van der Waals surface area contributed by atoms with E-state index in [0.29, 0.717) is 12.8 Å². The number of halogens is 3. The van der Waals surface area contributed by atoms with E-state index in [-0.39, 0.29) is 22.9 Å². The molecule has 0 atom stereocenters. The molecule has 1 N–H and O–H groups in total. The SMILES string of the molecule is O=C(NC1(CN2CCC2)CC1)C1(Oc2cccc(OC(F)(F)F)c2)CC1. The fourth-order valence-electron chi connectivity index (χ4n) is 3.25. The van der Waals surface area contributed by atoms with Gasteiger partial charge in [-0.2, -0.15) is 0 Å². The van der Waals surface area contributed by atoms with Crippen molar-refractivity contribution < 1.29 is 27.4 Å². The van der Waals surface area contributed by atoms with Gasteiger partial charge in [-0.25, -0.2) is 0 Å². The molecular formula is C18H21F3N2O3. The van der Waals surface area contributed by atoms with Gasteiger partial charge in [-0.05, 0) is 44.5 Å². The van der Waals surface area contributed by atoms with Crippen LogP contribution in [0.3, 0.4) is 0 Å². The Morgan fingerprint density at radius 2 is 1.85 bits per heavy atom. The average Bonchev–Trinajstić information content (AvgIpc) is 3.40. The Morgan fingerprint density at radius 1 is 1.15 bits per heavy atom. The molecule has 0 unspecified atom stereocenters. The zero-order valence-electron chi connectivity index (χ0n) is 14.3. The first-order valence-electron chi connectivity index (χ1n) is 8.88. The van der Waals surface area contributed by atoms with Crippen molar-refractivity contribution in [3.8, 4) is 11.5 Å². The third kappa shape index (κ3) is 3.90. The van der Waals surface area contributed by atoms with Gasteiger partial charge in [0.25, 0.3) is 5.91 Å². The van der Waals surface area contributed by atoms with Gasteiger partial charge < -0.3 is 19.7 Å². The summed E-state index contributed by atoms with van der Waals surface area (Å²) < 4.78 is 46.7. The fourth-order valence-corrected chi connectivity index (χ4v) is 3.25. The summed E-state index contributed by atoms with van der Waals surface area (Å²) in [6.45, 7) is 3.01. The molecule has 2 aliphatic carbocycles. The normalized spacial score (nSPS) is 22.9. The Bertz CT molecular complexity index is 695. The predicted molar refractivity (Wildman–Crippen MR) is 86.9 cm³/mol. The molecule has 8 heteroatoms. The minimum Gasteiger partial charge on any atom is -0.477 e. The highest BCUT2D eigenvalue weighted by Gasteiger charge is 2.57. The largest absolute Gasteiger partial charge is 0.573 e. The number of likely N-dealkylation sites (tertiary alicyclic amines) is 1. The van der Waals surface area contributed by atoms with Crippen LogP contribution in [0.25, 0.3) is 0 Å². The first-order valence-corrected chi connectivity index (χ1v) is 8.88. The van der Waals surface area contributed by atoms with Crippen LogP contribution in [-0.4, -0.2) is 47.9 Å². The summed E-state index contributed by atoms with van der Waals surface area (Å²) in [7, 11) is 0. The number of carbonyl (C=O) groups excluding carboxylic acids is 1. The zero-order chi connectivity index (χ0) is 18.4. The standard InChI is InChI=1S/C18H21F3N2O3/c19-18(20,21)26-14-4-1-3-13(11-14)25-17(7-8-17)15(24)22-16(5-6-16)12-23-9-2-10-23/h1,3-4,11H,2,5-10,12H2,(H,22,24). The molecule has 26 heavy (non-hydrogen) atoms. The molecule has 3 aliphatic rings. The topological polar surface area (TPSA) is 50.8 Å². The molecule has 2 saturated carbocycles. The fraction of sp³-hybridized carbons (Fsp3) is 0.611. The molecule has 4 rings (SSSR count). The van der Waals surface area contributed by atoms with Crippen molar-refractivity contribution >= 4 is 5.91 Å². The second kappa shape index (κ2) is 6.04. The monoisotopic (exact) mass is 370 g/mol. The van der Waals surface area contributed by atoms with Crippen molar-refractivity contribution in [1.82, 2.24) is 10.2 Å². The Labute approximate surface area is 149 Å². The summed E-state index contributed by atoms with van der Waals surface area (Å²) in [5.74, 6) is -0.327. The zero-order valence-corrected chi connectivity index (χ0v) is 14.3. The number of ether oxygens (including phenoxy) is 2. The van der Waals surface area contributed by atoms with Crippen LogP contribution >= 0.6 is 0 Å². The van der Waals surface area contributed by atoms with Gasteiger partial charge in [-0.1, -0.05) is 6.07 Å². The summed E-state index contributed by atoms with van der Waals surface area (Å²) in [4.78, 5) is 15.0. The highest BCUT2D eigenvalue weighted by atomic mass is 19.4. The number of nitrogens with one attached hydrogen (secondary N) is 1. The molecule has 1 amide bonds. The number of carbonyl (C=O) groups is 1. The number of rotatable bonds is 7. The van der Waals surface area contributed by atoms with Gasteiger partial charge >= 0.3 is 6.36 Å². The number of benzene rings is 1. The van der Waals surface area contributed by atoms with Crippen LogP contribution in [0.4, 0.5) is 13.2 Å². The van der Waals surface area contributed by atoms with Crippen molar-refractivity contribution in [2.45, 2.75) is 49.6 Å². The first kappa shape index (κ1) is 17.5. The molecular weight excluding hydrogens is 349 g/mol. The first-order chi connectivity index (χ1) is 12.3. The van der Waals surface area contributed by atoms with E-state index in [4.69, 9.17) is 4.74 Å². The Kier molecular flexibility index (Phi) is 4.06. The smallest absolute Gasteiger partial charge is 0.477 e. The maximum absolute atomic E-state index is 12.7. The molecule has 0 aromatic heterocycles. The third-order valence-corrected chi connectivity index (χ3v) is 5.18. The minimum atomic E-state index is -4.76. The van der Waals surface area contributed by atoms with Crippen molar-refractivity contribution in [3.05, 3.63) is 24.3 Å². The van der Waals surface area contributed by atoms with Crippen LogP contribution in [0.5, 0.6) is 11.5 Å². The minimum absolute atomic E-state index is 0.155. The van der Waals surface area contributed by atoms with Crippen molar-refractivity contribution in [2.24, 2.45) is 0 Å². The Balaban J connectivity index is 1.38. The second-order valence-electron chi connectivity index (χ2n) is 7.48. The lowest BCUT2D eigenvalue weighted by atomic mass is 10.1. The van der Waals surface area contributed by atoms with Gasteiger partial charge in [-0.3, -0.25) is 4.79 Å². The number of amides is 1. The van der Waals surface area contributed by atoms with Gasteiger partial charge in [0.15, 0.2) is 5.60 Å². The maximum atomic E-state index is 12.7. The van der Waals surface area contributed by atoms with Gasteiger partial charge in [0.05, 0.1) is 5.54 Å². The Hall–Kier alpha value is -1.96. The molecule has 0 bridgehead atoms. The van der Waals surface area contributed by atoms with E-state index in [1.165, 1.54) is 24.6 Å². The average molecular weight is 370 g/mol. The predicted octanol–water partition coefficient (Wildman–Crippen LogP) is 2.85. The van der Waals surface area contributed by atoms with Crippen molar-refractivity contribution in [1.29, 1.82) is 0 Å². The second-order valence-corrected chi connectivity index (χ2v) is 7.48. The van der Waals surface area contributed by atoms with Gasteiger partial charge in [0.1, 0.15) is 11.5 Å². The molecule has 1 heterocycles. The van der Waals surface area contributed by atoms with Crippen molar-refractivity contribution in [3.63, 3.8) is 0 Å². The van der Waals surface area contributed by atoms with Gasteiger partial charge in [0.2, 0.25) is 0 Å². The lowest BCUT2D eigenvalue weighted by molar-refractivity contribution is -0.274.